The summed E-state index contributed by atoms with van der Waals surface area (Å²) in [5, 5.41) is 16.3. The van der Waals surface area contributed by atoms with Crippen molar-refractivity contribution in [1.29, 1.82) is 0 Å². The molecule has 0 saturated carbocycles. The van der Waals surface area contributed by atoms with Crippen LogP contribution in [0, 0.1) is 17.0 Å². The first-order chi connectivity index (χ1) is 9.18. The summed E-state index contributed by atoms with van der Waals surface area (Å²) >= 11 is 0. The van der Waals surface area contributed by atoms with Crippen molar-refractivity contribution in [3.63, 3.8) is 0 Å². The predicted molar refractivity (Wildman–Crippen MR) is 61.9 cm³/mol. The van der Waals surface area contributed by atoms with E-state index in [0.717, 1.165) is 6.92 Å². The zero-order chi connectivity index (χ0) is 15.5. The van der Waals surface area contributed by atoms with Crippen molar-refractivity contribution in [2.24, 2.45) is 0 Å². The molecule has 10 heteroatoms. The number of nitro groups is 1. The molecule has 0 atom stereocenters. The van der Waals surface area contributed by atoms with Crippen LogP contribution in [0.25, 0.3) is 0 Å². The number of hydrogen-bond donors (Lipinski definition) is 1. The van der Waals surface area contributed by atoms with Gasteiger partial charge in [-0.25, -0.2) is 0 Å². The second-order valence-corrected chi connectivity index (χ2v) is 4.05. The third-order valence-corrected chi connectivity index (χ3v) is 2.49. The molecule has 7 nitrogen and oxygen atoms in total. The van der Waals surface area contributed by atoms with Gasteiger partial charge < -0.3 is 5.32 Å². The molecule has 1 aromatic heterocycles. The van der Waals surface area contributed by atoms with Crippen LogP contribution in [0.1, 0.15) is 24.7 Å². The van der Waals surface area contributed by atoms with E-state index in [0.29, 0.717) is 17.6 Å². The van der Waals surface area contributed by atoms with Crippen LogP contribution in [0.15, 0.2) is 0 Å². The number of nitrogens with one attached hydrogen (secondary N) is 1. The Bertz CT molecular complexity index is 525. The molecule has 1 heterocycles. The number of rotatable bonds is 5. The highest BCUT2D eigenvalue weighted by Gasteiger charge is 2.44. The fourth-order valence-electron chi connectivity index (χ4n) is 1.56. The van der Waals surface area contributed by atoms with Gasteiger partial charge in [-0.15, -0.1) is 0 Å². The van der Waals surface area contributed by atoms with Gasteiger partial charge in [-0.2, -0.15) is 18.3 Å². The Kier molecular flexibility index (Phi) is 4.69. The molecule has 20 heavy (non-hydrogen) atoms. The number of carbonyl (C=O) groups excluding carboxylic acids is 1. The van der Waals surface area contributed by atoms with Crippen LogP contribution in [-0.2, 0) is 17.5 Å². The Morgan fingerprint density at radius 3 is 2.50 bits per heavy atom. The van der Waals surface area contributed by atoms with Crippen LogP contribution in [-0.4, -0.2) is 27.2 Å². The molecule has 0 bridgehead atoms. The van der Waals surface area contributed by atoms with Crippen molar-refractivity contribution in [3.8, 4) is 0 Å². The summed E-state index contributed by atoms with van der Waals surface area (Å²) in [5.41, 5.74) is -3.03. The Labute approximate surface area is 111 Å². The van der Waals surface area contributed by atoms with Gasteiger partial charge in [0.2, 0.25) is 11.6 Å². The number of alkyl halides is 3. The maximum atomic E-state index is 12.7. The minimum absolute atomic E-state index is 0.311. The van der Waals surface area contributed by atoms with E-state index in [1.165, 1.54) is 0 Å². The van der Waals surface area contributed by atoms with Gasteiger partial charge in [0, 0.05) is 6.54 Å². The molecule has 112 valence electrons. The van der Waals surface area contributed by atoms with E-state index in [-0.39, 0.29) is 5.69 Å². The lowest BCUT2D eigenvalue weighted by atomic mass is 10.3. The second kappa shape index (κ2) is 5.88. The first-order valence-electron chi connectivity index (χ1n) is 5.74. The number of halogens is 3. The number of aromatic nitrogens is 2. The van der Waals surface area contributed by atoms with E-state index < -0.39 is 34.9 Å². The van der Waals surface area contributed by atoms with Crippen molar-refractivity contribution in [3.05, 3.63) is 21.5 Å². The molecule has 1 N–H and O–H groups in total. The highest BCUT2D eigenvalue weighted by atomic mass is 19.4. The fourth-order valence-corrected chi connectivity index (χ4v) is 1.56. The lowest BCUT2D eigenvalue weighted by Gasteiger charge is -2.04. The Balaban J connectivity index is 3.11. The minimum Gasteiger partial charge on any atom is -0.355 e. The lowest BCUT2D eigenvalue weighted by Crippen LogP contribution is -2.29. The molecular weight excluding hydrogens is 281 g/mol. The van der Waals surface area contributed by atoms with Gasteiger partial charge in [0.1, 0.15) is 12.2 Å². The molecule has 0 unspecified atom stereocenters. The van der Waals surface area contributed by atoms with Crippen molar-refractivity contribution in [2.75, 3.05) is 6.54 Å². The summed E-state index contributed by atoms with van der Waals surface area (Å²) in [5.74, 6) is -0.555. The molecule has 0 saturated heterocycles. The third kappa shape index (κ3) is 3.45. The van der Waals surface area contributed by atoms with E-state index >= 15 is 0 Å². The Morgan fingerprint density at radius 1 is 1.50 bits per heavy atom. The largest absolute Gasteiger partial charge is 0.442 e. The van der Waals surface area contributed by atoms with Crippen molar-refractivity contribution >= 4 is 11.6 Å². The molecule has 0 radical (unpaired) electrons. The molecule has 0 fully saturated rings. The first kappa shape index (κ1) is 15.9. The number of amides is 1. The van der Waals surface area contributed by atoms with Crippen LogP contribution in [0.2, 0.25) is 0 Å². The molecule has 0 aromatic carbocycles. The molecule has 1 amide bonds. The van der Waals surface area contributed by atoms with Gasteiger partial charge in [0.05, 0.1) is 4.92 Å². The van der Waals surface area contributed by atoms with Crippen LogP contribution in [0.3, 0.4) is 0 Å². The second-order valence-electron chi connectivity index (χ2n) is 4.05. The van der Waals surface area contributed by atoms with Gasteiger partial charge in [-0.3, -0.25) is 19.6 Å². The monoisotopic (exact) mass is 294 g/mol. The number of hydrogen-bond acceptors (Lipinski definition) is 4. The first-order valence-corrected chi connectivity index (χ1v) is 5.74. The molecule has 1 aromatic rings. The van der Waals surface area contributed by atoms with Crippen LogP contribution >= 0.6 is 0 Å². The van der Waals surface area contributed by atoms with Crippen molar-refractivity contribution < 1.29 is 22.9 Å². The molecule has 0 aliphatic heterocycles. The number of carbonyl (C=O) groups is 1. The molecule has 0 spiro atoms. The van der Waals surface area contributed by atoms with E-state index in [1.807, 2.05) is 6.92 Å². The Hall–Kier alpha value is -2.13. The van der Waals surface area contributed by atoms with Crippen LogP contribution in [0.4, 0.5) is 18.9 Å². The van der Waals surface area contributed by atoms with Crippen LogP contribution < -0.4 is 5.32 Å². The van der Waals surface area contributed by atoms with Gasteiger partial charge in [-0.1, -0.05) is 6.92 Å². The fraction of sp³-hybridized carbons (Fsp3) is 0.600. The standard InChI is InChI=1S/C10H13F3N4O3/c1-3-4-14-7(18)5-16-6(2)8(17(19)20)9(15-16)10(11,12)13/h3-5H2,1-2H3,(H,14,18). The highest BCUT2D eigenvalue weighted by molar-refractivity contribution is 5.75. The minimum atomic E-state index is -4.95. The molecule has 1 rings (SSSR count). The van der Waals surface area contributed by atoms with Gasteiger partial charge in [0.15, 0.2) is 0 Å². The van der Waals surface area contributed by atoms with E-state index in [4.69, 9.17) is 0 Å². The zero-order valence-electron chi connectivity index (χ0n) is 10.8. The van der Waals surface area contributed by atoms with Gasteiger partial charge >= 0.3 is 11.9 Å². The van der Waals surface area contributed by atoms with E-state index in [1.54, 1.807) is 0 Å². The van der Waals surface area contributed by atoms with Crippen molar-refractivity contribution in [1.82, 2.24) is 15.1 Å². The third-order valence-electron chi connectivity index (χ3n) is 2.49. The molecule has 0 aliphatic rings. The maximum Gasteiger partial charge on any atom is 0.442 e. The number of nitrogens with zero attached hydrogens (tertiary/aromatic N) is 3. The summed E-state index contributed by atoms with van der Waals surface area (Å²) in [6, 6.07) is 0. The Morgan fingerprint density at radius 2 is 2.10 bits per heavy atom. The summed E-state index contributed by atoms with van der Waals surface area (Å²) in [4.78, 5) is 21.0. The van der Waals surface area contributed by atoms with Gasteiger partial charge in [-0.05, 0) is 13.3 Å². The maximum absolute atomic E-state index is 12.7. The predicted octanol–water partition coefficient (Wildman–Crippen LogP) is 1.64. The average molecular weight is 294 g/mol. The highest BCUT2D eigenvalue weighted by Crippen LogP contribution is 2.36. The SMILES string of the molecule is CCCNC(=O)Cn1nc(C(F)(F)F)c([N+](=O)[O-])c1C. The quantitative estimate of drug-likeness (QED) is 0.660. The summed E-state index contributed by atoms with van der Waals surface area (Å²) in [6.07, 6.45) is -4.28. The zero-order valence-corrected chi connectivity index (χ0v) is 10.8. The topological polar surface area (TPSA) is 90.1 Å². The van der Waals surface area contributed by atoms with E-state index in [9.17, 15) is 28.1 Å². The van der Waals surface area contributed by atoms with E-state index in [2.05, 4.69) is 10.4 Å². The summed E-state index contributed by atoms with van der Waals surface area (Å²) in [6.45, 7) is 2.80. The van der Waals surface area contributed by atoms with Crippen LogP contribution in [0.5, 0.6) is 0 Å². The summed E-state index contributed by atoms with van der Waals surface area (Å²) < 4.78 is 38.7. The molecule has 0 aliphatic carbocycles. The molecular formula is C10H13F3N4O3. The van der Waals surface area contributed by atoms with Gasteiger partial charge in [0.25, 0.3) is 0 Å². The smallest absolute Gasteiger partial charge is 0.355 e. The normalized spacial score (nSPS) is 11.4. The average Bonchev–Trinajstić information content (AvgIpc) is 2.64. The van der Waals surface area contributed by atoms with Crippen molar-refractivity contribution in [2.45, 2.75) is 33.0 Å². The lowest BCUT2D eigenvalue weighted by molar-refractivity contribution is -0.388. The summed E-state index contributed by atoms with van der Waals surface area (Å²) in [7, 11) is 0.